The number of urea groups is 1. The lowest BCUT2D eigenvalue weighted by Crippen LogP contribution is -2.54. The van der Waals surface area contributed by atoms with E-state index in [2.05, 4.69) is 21.2 Å². The molecule has 0 radical (unpaired) electrons. The zero-order valence-electron chi connectivity index (χ0n) is 22.3. The maximum absolute atomic E-state index is 13.4. The number of hydrogen-bond donors (Lipinski definition) is 1. The van der Waals surface area contributed by atoms with Gasteiger partial charge in [-0.05, 0) is 83.4 Å². The van der Waals surface area contributed by atoms with Crippen LogP contribution in [0.25, 0.3) is 6.08 Å². The summed E-state index contributed by atoms with van der Waals surface area (Å²) in [4.78, 5) is 39.6. The monoisotopic (exact) mass is 646 g/mol. The van der Waals surface area contributed by atoms with E-state index in [1.807, 2.05) is 36.4 Å². The van der Waals surface area contributed by atoms with E-state index < -0.39 is 17.8 Å². The number of nitrogens with one attached hydrogen (secondary N) is 1. The molecule has 0 atom stereocenters. The Morgan fingerprint density at radius 3 is 2.29 bits per heavy atom. The van der Waals surface area contributed by atoms with Gasteiger partial charge in [0.25, 0.3) is 11.8 Å². The van der Waals surface area contributed by atoms with Crippen molar-refractivity contribution in [2.75, 3.05) is 12.0 Å². The molecule has 1 saturated heterocycles. The van der Waals surface area contributed by atoms with Crippen LogP contribution in [-0.2, 0) is 22.8 Å². The van der Waals surface area contributed by atoms with Gasteiger partial charge in [-0.15, -0.1) is 0 Å². The summed E-state index contributed by atoms with van der Waals surface area (Å²) in [5.41, 5.74) is 2.45. The number of barbiturate groups is 1. The predicted octanol–water partition coefficient (Wildman–Crippen LogP) is 6.94. The average molecular weight is 648 g/mol. The van der Waals surface area contributed by atoms with E-state index >= 15 is 0 Å². The molecule has 0 unspecified atom stereocenters. The summed E-state index contributed by atoms with van der Waals surface area (Å²) < 4.78 is 18.1. The highest BCUT2D eigenvalue weighted by molar-refractivity contribution is 9.10. The molecule has 42 heavy (non-hydrogen) atoms. The number of amides is 4. The zero-order valence-corrected chi connectivity index (χ0v) is 24.6. The van der Waals surface area contributed by atoms with E-state index in [0.717, 1.165) is 20.5 Å². The van der Waals surface area contributed by atoms with Crippen LogP contribution in [-0.4, -0.2) is 25.0 Å². The van der Waals surface area contributed by atoms with E-state index in [9.17, 15) is 14.4 Å². The van der Waals surface area contributed by atoms with Gasteiger partial charge < -0.3 is 14.2 Å². The highest BCUT2D eigenvalue weighted by atomic mass is 79.9. The second kappa shape index (κ2) is 12.9. The van der Waals surface area contributed by atoms with Crippen LogP contribution in [0.15, 0.2) is 101 Å². The Morgan fingerprint density at radius 1 is 0.833 bits per heavy atom. The first-order chi connectivity index (χ1) is 20.3. The smallest absolute Gasteiger partial charge is 0.335 e. The molecule has 8 nitrogen and oxygen atoms in total. The summed E-state index contributed by atoms with van der Waals surface area (Å²) in [7, 11) is 1.49. The van der Waals surface area contributed by atoms with Gasteiger partial charge in [0.1, 0.15) is 24.5 Å². The van der Waals surface area contributed by atoms with Crippen molar-refractivity contribution in [2.24, 2.45) is 0 Å². The Kier molecular flexibility index (Phi) is 8.90. The standard InChI is InChI=1S/C32H24BrClN2O6/c1-40-29-17-21(7-14-28(29)42-19-22-3-2-4-24(34)15-22)16-27-30(37)35-32(39)36(31(27)38)25-10-12-26(13-11-25)41-18-20-5-8-23(33)9-6-20/h2-17H,18-19H2,1H3,(H,35,37,39)/b27-16+. The lowest BCUT2D eigenvalue weighted by molar-refractivity contribution is -0.122. The normalized spacial score (nSPS) is 14.1. The number of methoxy groups -OCH3 is 1. The fourth-order valence-electron chi connectivity index (χ4n) is 4.18. The van der Waals surface area contributed by atoms with Gasteiger partial charge in [-0.1, -0.05) is 57.9 Å². The fraction of sp³-hybridized carbons (Fsp3) is 0.0938. The quantitative estimate of drug-likeness (QED) is 0.156. The Morgan fingerprint density at radius 2 is 1.57 bits per heavy atom. The van der Waals surface area contributed by atoms with Gasteiger partial charge >= 0.3 is 6.03 Å². The van der Waals surface area contributed by atoms with Crippen LogP contribution in [0, 0.1) is 0 Å². The number of carbonyl (C=O) groups excluding carboxylic acids is 3. The molecule has 212 valence electrons. The maximum Gasteiger partial charge on any atom is 0.335 e. The van der Waals surface area contributed by atoms with Crippen LogP contribution in [0.1, 0.15) is 16.7 Å². The Bertz CT molecular complexity index is 1670. The molecule has 0 aromatic heterocycles. The van der Waals surface area contributed by atoms with Gasteiger partial charge in [0.05, 0.1) is 12.8 Å². The van der Waals surface area contributed by atoms with E-state index in [4.69, 9.17) is 25.8 Å². The number of nitrogens with zero attached hydrogens (tertiary/aromatic N) is 1. The van der Waals surface area contributed by atoms with Crippen LogP contribution >= 0.6 is 27.5 Å². The number of carbonyl (C=O) groups is 3. The van der Waals surface area contributed by atoms with Gasteiger partial charge in [-0.3, -0.25) is 14.9 Å². The number of benzene rings is 4. The van der Waals surface area contributed by atoms with Crippen LogP contribution in [0.5, 0.6) is 17.2 Å². The molecule has 4 amide bonds. The van der Waals surface area contributed by atoms with Gasteiger partial charge in [0.2, 0.25) is 0 Å². The number of ether oxygens (including phenoxy) is 3. The minimum atomic E-state index is -0.840. The molecule has 1 aliphatic heterocycles. The molecule has 4 aromatic rings. The molecule has 5 rings (SSSR count). The third kappa shape index (κ3) is 6.82. The van der Waals surface area contributed by atoms with Gasteiger partial charge in [0, 0.05) is 9.50 Å². The Balaban J connectivity index is 1.31. The third-order valence-corrected chi connectivity index (χ3v) is 7.06. The molecule has 0 spiro atoms. The van der Waals surface area contributed by atoms with Crippen molar-refractivity contribution in [1.82, 2.24) is 5.32 Å². The highest BCUT2D eigenvalue weighted by Crippen LogP contribution is 2.31. The third-order valence-electron chi connectivity index (χ3n) is 6.30. The molecule has 1 heterocycles. The van der Waals surface area contributed by atoms with Crippen molar-refractivity contribution >= 4 is 57.1 Å². The summed E-state index contributed by atoms with van der Waals surface area (Å²) >= 11 is 9.45. The topological polar surface area (TPSA) is 94.2 Å². The van der Waals surface area contributed by atoms with Crippen LogP contribution in [0.4, 0.5) is 10.5 Å². The summed E-state index contributed by atoms with van der Waals surface area (Å²) in [6, 6.07) is 25.7. The molecule has 0 aliphatic carbocycles. The zero-order chi connectivity index (χ0) is 29.6. The second-order valence-electron chi connectivity index (χ2n) is 9.20. The van der Waals surface area contributed by atoms with Crippen molar-refractivity contribution in [3.63, 3.8) is 0 Å². The van der Waals surface area contributed by atoms with E-state index in [1.54, 1.807) is 54.6 Å². The summed E-state index contributed by atoms with van der Waals surface area (Å²) in [6.45, 7) is 0.619. The largest absolute Gasteiger partial charge is 0.493 e. The van der Waals surface area contributed by atoms with Gasteiger partial charge in [-0.2, -0.15) is 0 Å². The van der Waals surface area contributed by atoms with Crippen molar-refractivity contribution in [2.45, 2.75) is 13.2 Å². The van der Waals surface area contributed by atoms with Crippen LogP contribution in [0.3, 0.4) is 0 Å². The lowest BCUT2D eigenvalue weighted by Gasteiger charge is -2.26. The molecule has 1 fully saturated rings. The van der Waals surface area contributed by atoms with E-state index in [0.29, 0.717) is 34.4 Å². The molecular formula is C32H24BrClN2O6. The number of anilines is 1. The molecule has 0 bridgehead atoms. The maximum atomic E-state index is 13.4. The molecular weight excluding hydrogens is 624 g/mol. The summed E-state index contributed by atoms with van der Waals surface area (Å²) in [6.07, 6.45) is 1.40. The minimum absolute atomic E-state index is 0.209. The molecule has 0 saturated carbocycles. The van der Waals surface area contributed by atoms with Crippen molar-refractivity contribution < 1.29 is 28.6 Å². The number of imide groups is 2. The minimum Gasteiger partial charge on any atom is -0.493 e. The first kappa shape index (κ1) is 28.9. The average Bonchev–Trinajstić information content (AvgIpc) is 2.99. The van der Waals surface area contributed by atoms with E-state index in [1.165, 1.54) is 13.2 Å². The Labute approximate surface area is 255 Å². The fourth-order valence-corrected chi connectivity index (χ4v) is 4.66. The van der Waals surface area contributed by atoms with Crippen molar-refractivity contribution in [3.8, 4) is 17.2 Å². The van der Waals surface area contributed by atoms with Crippen molar-refractivity contribution in [3.05, 3.63) is 123 Å². The van der Waals surface area contributed by atoms with Crippen LogP contribution < -0.4 is 24.4 Å². The first-order valence-electron chi connectivity index (χ1n) is 12.7. The molecule has 1 N–H and O–H groups in total. The number of halogens is 2. The van der Waals surface area contributed by atoms with Crippen molar-refractivity contribution in [1.29, 1.82) is 0 Å². The SMILES string of the molecule is COc1cc(/C=C2\C(=O)NC(=O)N(c3ccc(OCc4ccc(Br)cc4)cc3)C2=O)ccc1OCc1cccc(Cl)c1. The van der Waals surface area contributed by atoms with Gasteiger partial charge in [-0.25, -0.2) is 9.69 Å². The Hall–Kier alpha value is -4.60. The second-order valence-corrected chi connectivity index (χ2v) is 10.5. The molecule has 4 aromatic carbocycles. The molecule has 1 aliphatic rings. The molecule has 10 heteroatoms. The number of hydrogen-bond acceptors (Lipinski definition) is 6. The van der Waals surface area contributed by atoms with E-state index in [-0.39, 0.29) is 17.9 Å². The summed E-state index contributed by atoms with van der Waals surface area (Å²) in [5, 5.41) is 2.84. The lowest BCUT2D eigenvalue weighted by atomic mass is 10.1. The van der Waals surface area contributed by atoms with Crippen LogP contribution in [0.2, 0.25) is 5.02 Å². The highest BCUT2D eigenvalue weighted by Gasteiger charge is 2.36. The predicted molar refractivity (Wildman–Crippen MR) is 163 cm³/mol. The van der Waals surface area contributed by atoms with Gasteiger partial charge in [0.15, 0.2) is 11.5 Å². The first-order valence-corrected chi connectivity index (χ1v) is 13.9. The summed E-state index contributed by atoms with van der Waals surface area (Å²) in [5.74, 6) is -0.119. The number of rotatable bonds is 9.